The highest BCUT2D eigenvalue weighted by Gasteiger charge is 2.36. The summed E-state index contributed by atoms with van der Waals surface area (Å²) in [5.41, 5.74) is 0.529. The number of carbonyl (C=O) groups is 5. The number of ketones is 2. The van der Waals surface area contributed by atoms with Gasteiger partial charge in [0.2, 0.25) is 0 Å². The summed E-state index contributed by atoms with van der Waals surface area (Å²) in [4.78, 5) is 59.7. The van der Waals surface area contributed by atoms with Crippen molar-refractivity contribution in [1.29, 1.82) is 0 Å². The number of aliphatic hydroxyl groups excluding tert-OH is 4. The lowest BCUT2D eigenvalue weighted by Gasteiger charge is -2.27. The minimum absolute atomic E-state index is 0.0485. The monoisotopic (exact) mass is 650 g/mol. The third-order valence-electron chi connectivity index (χ3n) is 8.72. The largest absolute Gasteiger partial charge is 0.462 e. The fourth-order valence-corrected chi connectivity index (χ4v) is 5.44. The van der Waals surface area contributed by atoms with Gasteiger partial charge >= 0.3 is 17.9 Å². The van der Waals surface area contributed by atoms with Crippen molar-refractivity contribution in [3.05, 3.63) is 34.9 Å². The van der Waals surface area contributed by atoms with Gasteiger partial charge < -0.3 is 29.9 Å². The summed E-state index contributed by atoms with van der Waals surface area (Å²) >= 11 is 0. The van der Waals surface area contributed by atoms with E-state index in [2.05, 4.69) is 18.6 Å². The van der Waals surface area contributed by atoms with Crippen LogP contribution < -0.4 is 0 Å². The van der Waals surface area contributed by atoms with Crippen molar-refractivity contribution in [1.82, 2.24) is 0 Å². The minimum Gasteiger partial charge on any atom is -0.462 e. The quantitative estimate of drug-likeness (QED) is 0.0615. The van der Waals surface area contributed by atoms with Gasteiger partial charge in [-0.2, -0.15) is 0 Å². The van der Waals surface area contributed by atoms with Crippen LogP contribution in [-0.4, -0.2) is 80.4 Å². The lowest BCUT2D eigenvalue weighted by atomic mass is 9.85. The SMILES string of the molecule is CCC(/C=C/C(C)=O)=C\[C@@H](O)C[C@H](C)C[C@@H](C)CC[C@H](O)[C@H](C)C(=O)C[C@@H](O)[C@H](C)[C@@H](C)OC(=O)C[C@@H](O)C1=C(C)C(=O)OC1=O. The molecule has 260 valence electrons. The van der Waals surface area contributed by atoms with E-state index in [1.165, 1.54) is 26.8 Å². The highest BCUT2D eigenvalue weighted by atomic mass is 16.6. The Morgan fingerprint density at radius 3 is 2.02 bits per heavy atom. The van der Waals surface area contributed by atoms with E-state index in [9.17, 15) is 44.4 Å². The molecule has 0 amide bonds. The first kappa shape index (κ1) is 41.0. The molecule has 1 rings (SSSR count). The van der Waals surface area contributed by atoms with Crippen molar-refractivity contribution in [2.75, 3.05) is 0 Å². The Bertz CT molecular complexity index is 1170. The summed E-state index contributed by atoms with van der Waals surface area (Å²) in [5, 5.41) is 42.1. The number of carbonyl (C=O) groups excluding carboxylic acids is 5. The number of allylic oxidation sites excluding steroid dienone is 3. The molecule has 0 aromatic heterocycles. The van der Waals surface area contributed by atoms with Crippen LogP contribution in [0.2, 0.25) is 0 Å². The molecule has 4 N–H and O–H groups in total. The number of aliphatic hydroxyl groups is 4. The number of rotatable bonds is 21. The first-order valence-corrected chi connectivity index (χ1v) is 16.2. The maximum atomic E-state index is 12.9. The highest BCUT2D eigenvalue weighted by molar-refractivity contribution is 6.12. The number of cyclic esters (lactones) is 2. The summed E-state index contributed by atoms with van der Waals surface area (Å²) in [6, 6.07) is 0. The van der Waals surface area contributed by atoms with Crippen molar-refractivity contribution in [2.24, 2.45) is 23.7 Å². The van der Waals surface area contributed by atoms with E-state index in [0.717, 1.165) is 12.0 Å². The predicted octanol–water partition coefficient (Wildman–Crippen LogP) is 3.70. The first-order valence-electron chi connectivity index (χ1n) is 16.2. The van der Waals surface area contributed by atoms with Gasteiger partial charge in [0, 0.05) is 23.8 Å². The Morgan fingerprint density at radius 2 is 1.48 bits per heavy atom. The van der Waals surface area contributed by atoms with Gasteiger partial charge in [0.15, 0.2) is 5.78 Å². The van der Waals surface area contributed by atoms with Crippen molar-refractivity contribution in [3.63, 3.8) is 0 Å². The predicted molar refractivity (Wildman–Crippen MR) is 171 cm³/mol. The van der Waals surface area contributed by atoms with Gasteiger partial charge in [-0.05, 0) is 76.4 Å². The van der Waals surface area contributed by atoms with Crippen LogP contribution in [0.1, 0.15) is 100 Å². The number of Topliss-reactive ketones (excluding diaryl/α,β-unsaturated/α-hetero) is 1. The second kappa shape index (κ2) is 19.6. The van der Waals surface area contributed by atoms with E-state index in [1.54, 1.807) is 26.0 Å². The van der Waals surface area contributed by atoms with Crippen LogP contribution in [0.15, 0.2) is 34.9 Å². The van der Waals surface area contributed by atoms with Gasteiger partial charge in [-0.15, -0.1) is 0 Å². The van der Waals surface area contributed by atoms with Crippen LogP contribution in [0.4, 0.5) is 0 Å². The maximum absolute atomic E-state index is 12.9. The van der Waals surface area contributed by atoms with E-state index < -0.39 is 66.7 Å². The molecule has 0 aliphatic carbocycles. The topological polar surface area (TPSA) is 185 Å². The molecule has 1 aliphatic heterocycles. The minimum atomic E-state index is -1.58. The van der Waals surface area contributed by atoms with Gasteiger partial charge in [0.25, 0.3) is 0 Å². The molecule has 46 heavy (non-hydrogen) atoms. The molecule has 0 spiro atoms. The van der Waals surface area contributed by atoms with E-state index in [1.807, 2.05) is 6.92 Å². The number of hydrogen-bond donors (Lipinski definition) is 4. The molecule has 0 radical (unpaired) electrons. The zero-order valence-corrected chi connectivity index (χ0v) is 28.5. The molecule has 1 heterocycles. The number of ether oxygens (including phenoxy) is 2. The Kier molecular flexibility index (Phi) is 17.5. The molecule has 1 aliphatic rings. The number of esters is 3. The molecule has 9 atom stereocenters. The summed E-state index contributed by atoms with van der Waals surface area (Å²) in [6.45, 7) is 13.6. The van der Waals surface area contributed by atoms with Gasteiger partial charge in [-0.3, -0.25) is 14.4 Å². The van der Waals surface area contributed by atoms with Crippen LogP contribution in [0.25, 0.3) is 0 Å². The fraction of sp³-hybridized carbons (Fsp3) is 0.686. The summed E-state index contributed by atoms with van der Waals surface area (Å²) in [6.07, 6.45) is 2.22. The third-order valence-corrected chi connectivity index (χ3v) is 8.72. The molecule has 0 aromatic rings. The summed E-state index contributed by atoms with van der Waals surface area (Å²) < 4.78 is 9.73. The van der Waals surface area contributed by atoms with Gasteiger partial charge in [0.05, 0.1) is 36.4 Å². The van der Waals surface area contributed by atoms with Crippen LogP contribution in [0.5, 0.6) is 0 Å². The number of hydrogen-bond acceptors (Lipinski definition) is 11. The molecule has 0 saturated heterocycles. The second-order valence-electron chi connectivity index (χ2n) is 12.9. The van der Waals surface area contributed by atoms with E-state index >= 15 is 0 Å². The van der Waals surface area contributed by atoms with Crippen LogP contribution in [-0.2, 0) is 33.4 Å². The molecular formula is C35H54O11. The zero-order valence-electron chi connectivity index (χ0n) is 28.5. The molecule has 0 unspecified atom stereocenters. The van der Waals surface area contributed by atoms with Crippen molar-refractivity contribution in [3.8, 4) is 0 Å². The lowest BCUT2D eigenvalue weighted by Crippen LogP contribution is -2.36. The van der Waals surface area contributed by atoms with Crippen LogP contribution in [0, 0.1) is 23.7 Å². The summed E-state index contributed by atoms with van der Waals surface area (Å²) in [7, 11) is 0. The van der Waals surface area contributed by atoms with Crippen molar-refractivity contribution < 1.29 is 53.9 Å². The zero-order chi connectivity index (χ0) is 35.3. The second-order valence-corrected chi connectivity index (χ2v) is 12.9. The van der Waals surface area contributed by atoms with E-state index in [-0.39, 0.29) is 41.0 Å². The Hall–Kier alpha value is -2.99. The molecule has 0 aromatic carbocycles. The van der Waals surface area contributed by atoms with Gasteiger partial charge in [-0.1, -0.05) is 46.8 Å². The highest BCUT2D eigenvalue weighted by Crippen LogP contribution is 2.26. The molecule has 0 fully saturated rings. The van der Waals surface area contributed by atoms with Crippen molar-refractivity contribution in [2.45, 2.75) is 131 Å². The molecule has 0 bridgehead atoms. The van der Waals surface area contributed by atoms with Crippen molar-refractivity contribution >= 4 is 29.5 Å². The molecule has 0 saturated carbocycles. The Balaban J connectivity index is 2.52. The standard InChI is InChI=1S/C35H54O11/c1-9-26(12-11-21(4)36)16-27(37)15-20(3)14-19(2)10-13-28(38)23(6)30(40)17-29(39)22(5)25(8)45-32(42)18-31(41)33-24(7)34(43)46-35(33)44/h11-12,16,19-20,22-23,25,27-29,31,37-39,41H,9-10,13-15,17-18H2,1-8H3/b12-11+,26-16+/t19-,20+,22+,23-,25+,27-,28-,29+,31+/m0/s1. The molecular weight excluding hydrogens is 596 g/mol. The van der Waals surface area contributed by atoms with Crippen LogP contribution >= 0.6 is 0 Å². The maximum Gasteiger partial charge on any atom is 0.345 e. The average molecular weight is 651 g/mol. The Labute approximate surface area is 272 Å². The molecule has 11 nitrogen and oxygen atoms in total. The Morgan fingerprint density at radius 1 is 0.848 bits per heavy atom. The van der Waals surface area contributed by atoms with E-state index in [0.29, 0.717) is 25.7 Å². The normalized spacial score (nSPS) is 20.0. The lowest BCUT2D eigenvalue weighted by molar-refractivity contribution is -0.154. The van der Waals surface area contributed by atoms with Gasteiger partial charge in [0.1, 0.15) is 11.9 Å². The van der Waals surface area contributed by atoms with E-state index in [4.69, 9.17) is 4.74 Å². The van der Waals surface area contributed by atoms with Gasteiger partial charge in [-0.25, -0.2) is 9.59 Å². The van der Waals surface area contributed by atoms with Crippen LogP contribution in [0.3, 0.4) is 0 Å². The average Bonchev–Trinajstić information content (AvgIpc) is 3.22. The summed E-state index contributed by atoms with van der Waals surface area (Å²) in [5.74, 6) is -4.03. The fourth-order valence-electron chi connectivity index (χ4n) is 5.44. The molecule has 11 heteroatoms. The third kappa shape index (κ3) is 13.8. The first-order chi connectivity index (χ1) is 21.4. The smallest absolute Gasteiger partial charge is 0.345 e.